The normalized spacial score (nSPS) is 16.9. The minimum atomic E-state index is 0.396. The third kappa shape index (κ3) is 2.54. The smallest absolute Gasteiger partial charge is 0.134 e. The molecule has 2 aromatic heterocycles. The summed E-state index contributed by atoms with van der Waals surface area (Å²) >= 11 is 3.61. The zero-order chi connectivity index (χ0) is 16.8. The van der Waals surface area contributed by atoms with Crippen molar-refractivity contribution in [3.8, 4) is 11.3 Å². The third-order valence-electron chi connectivity index (χ3n) is 5.22. The number of hydrogen-bond donors (Lipinski definition) is 1. The predicted octanol–water partition coefficient (Wildman–Crippen LogP) is 6.66. The fourth-order valence-electron chi connectivity index (χ4n) is 4.03. The second-order valence-corrected chi connectivity index (χ2v) is 7.65. The quantitative estimate of drug-likeness (QED) is 0.406. The number of H-pyrrole nitrogens is 1. The molecule has 1 N–H and O–H groups in total. The van der Waals surface area contributed by atoms with Gasteiger partial charge in [0.15, 0.2) is 0 Å². The standard InChI is InChI=1S/C22H18BrNO/c23-15-9-10-20-17(11-15)19(13-24-20)16-7-4-8-21-18(16)12-22(25-21)14-5-2-1-3-6-14/h1-3,5-6,9-13,16,24H,4,7-8H2/t16-/m1/s1. The lowest BCUT2D eigenvalue weighted by molar-refractivity contribution is 0.474. The van der Waals surface area contributed by atoms with Crippen molar-refractivity contribution in [1.82, 2.24) is 4.98 Å². The van der Waals surface area contributed by atoms with Crippen molar-refractivity contribution in [2.75, 3.05) is 0 Å². The van der Waals surface area contributed by atoms with Gasteiger partial charge in [0.05, 0.1) is 0 Å². The van der Waals surface area contributed by atoms with Crippen molar-refractivity contribution >= 4 is 26.8 Å². The Labute approximate surface area is 155 Å². The predicted molar refractivity (Wildman–Crippen MR) is 105 cm³/mol. The van der Waals surface area contributed by atoms with Crippen LogP contribution in [0.2, 0.25) is 0 Å². The number of furan rings is 1. The monoisotopic (exact) mass is 391 g/mol. The van der Waals surface area contributed by atoms with Gasteiger partial charge in [0, 0.05) is 45.0 Å². The van der Waals surface area contributed by atoms with Gasteiger partial charge in [-0.2, -0.15) is 0 Å². The van der Waals surface area contributed by atoms with E-state index in [2.05, 4.69) is 75.6 Å². The first kappa shape index (κ1) is 15.0. The molecule has 0 fully saturated rings. The van der Waals surface area contributed by atoms with Gasteiger partial charge >= 0.3 is 0 Å². The van der Waals surface area contributed by atoms with E-state index in [0.29, 0.717) is 5.92 Å². The van der Waals surface area contributed by atoms with Gasteiger partial charge in [-0.25, -0.2) is 0 Å². The summed E-state index contributed by atoms with van der Waals surface area (Å²) in [7, 11) is 0. The van der Waals surface area contributed by atoms with Gasteiger partial charge in [0.1, 0.15) is 11.5 Å². The Morgan fingerprint density at radius 3 is 2.76 bits per heavy atom. The summed E-state index contributed by atoms with van der Waals surface area (Å²) in [5, 5.41) is 1.30. The average Bonchev–Trinajstić information content (AvgIpc) is 3.26. The first-order valence-corrected chi connectivity index (χ1v) is 9.53. The van der Waals surface area contributed by atoms with E-state index in [1.165, 1.54) is 34.9 Å². The van der Waals surface area contributed by atoms with Crippen molar-refractivity contribution in [3.05, 3.63) is 82.2 Å². The Kier molecular flexibility index (Phi) is 3.56. The molecule has 2 heterocycles. The summed E-state index contributed by atoms with van der Waals surface area (Å²) in [5.41, 5.74) is 5.07. The summed E-state index contributed by atoms with van der Waals surface area (Å²) in [4.78, 5) is 3.43. The molecule has 0 bridgehead atoms. The number of fused-ring (bicyclic) bond motifs is 2. The molecule has 0 radical (unpaired) electrons. The molecule has 0 saturated carbocycles. The van der Waals surface area contributed by atoms with Crippen LogP contribution in [0.25, 0.3) is 22.2 Å². The summed E-state index contributed by atoms with van der Waals surface area (Å²) in [6, 6.07) is 19.1. The van der Waals surface area contributed by atoms with Gasteiger partial charge in [-0.3, -0.25) is 0 Å². The molecule has 0 spiro atoms. The number of benzene rings is 2. The Morgan fingerprint density at radius 2 is 1.88 bits per heavy atom. The van der Waals surface area contributed by atoms with E-state index in [0.717, 1.165) is 28.0 Å². The third-order valence-corrected chi connectivity index (χ3v) is 5.72. The lowest BCUT2D eigenvalue weighted by atomic mass is 9.82. The van der Waals surface area contributed by atoms with Crippen LogP contribution in [-0.4, -0.2) is 4.98 Å². The lowest BCUT2D eigenvalue weighted by Gasteiger charge is -2.21. The zero-order valence-electron chi connectivity index (χ0n) is 13.8. The molecule has 2 aromatic carbocycles. The Balaban J connectivity index is 1.63. The largest absolute Gasteiger partial charge is 0.461 e. The molecule has 0 aliphatic heterocycles. The summed E-state index contributed by atoms with van der Waals surface area (Å²) in [6.45, 7) is 0. The van der Waals surface area contributed by atoms with Crippen molar-refractivity contribution in [2.24, 2.45) is 0 Å². The highest BCUT2D eigenvalue weighted by molar-refractivity contribution is 9.10. The molecule has 124 valence electrons. The van der Waals surface area contributed by atoms with Gasteiger partial charge in [0.2, 0.25) is 0 Å². The molecule has 4 aromatic rings. The van der Waals surface area contributed by atoms with Crippen LogP contribution in [-0.2, 0) is 6.42 Å². The van der Waals surface area contributed by atoms with Crippen molar-refractivity contribution in [1.29, 1.82) is 0 Å². The number of halogens is 1. The molecule has 0 unspecified atom stereocenters. The molecule has 25 heavy (non-hydrogen) atoms. The molecule has 1 aliphatic rings. The highest BCUT2D eigenvalue weighted by atomic mass is 79.9. The second-order valence-electron chi connectivity index (χ2n) is 6.73. The number of rotatable bonds is 2. The lowest BCUT2D eigenvalue weighted by Crippen LogP contribution is -2.08. The minimum absolute atomic E-state index is 0.396. The van der Waals surface area contributed by atoms with Crippen LogP contribution in [0.4, 0.5) is 0 Å². The summed E-state index contributed by atoms with van der Waals surface area (Å²) < 4.78 is 7.36. The van der Waals surface area contributed by atoms with E-state index < -0.39 is 0 Å². The van der Waals surface area contributed by atoms with Gasteiger partial charge in [-0.1, -0.05) is 46.3 Å². The van der Waals surface area contributed by atoms with Crippen LogP contribution in [0.15, 0.2) is 69.7 Å². The number of nitrogens with one attached hydrogen (secondary N) is 1. The maximum atomic E-state index is 6.24. The van der Waals surface area contributed by atoms with Crippen LogP contribution in [0.3, 0.4) is 0 Å². The molecule has 0 amide bonds. The first-order chi connectivity index (χ1) is 12.3. The van der Waals surface area contributed by atoms with Crippen molar-refractivity contribution < 1.29 is 4.42 Å². The maximum Gasteiger partial charge on any atom is 0.134 e. The van der Waals surface area contributed by atoms with Gasteiger partial charge in [-0.15, -0.1) is 0 Å². The molecule has 1 atom stereocenters. The summed E-state index contributed by atoms with van der Waals surface area (Å²) in [5.74, 6) is 2.53. The molecular formula is C22H18BrNO. The fraction of sp³-hybridized carbons (Fsp3) is 0.182. The molecule has 5 rings (SSSR count). The highest BCUT2D eigenvalue weighted by Gasteiger charge is 2.27. The van der Waals surface area contributed by atoms with E-state index in [-0.39, 0.29) is 0 Å². The van der Waals surface area contributed by atoms with E-state index in [1.54, 1.807) is 0 Å². The Bertz CT molecular complexity index is 1040. The number of aryl methyl sites for hydroxylation is 1. The van der Waals surface area contributed by atoms with E-state index >= 15 is 0 Å². The molecule has 1 aliphatic carbocycles. The second kappa shape index (κ2) is 5.92. The van der Waals surface area contributed by atoms with Crippen molar-refractivity contribution in [2.45, 2.75) is 25.2 Å². The van der Waals surface area contributed by atoms with E-state index in [4.69, 9.17) is 4.42 Å². The maximum absolute atomic E-state index is 6.24. The van der Waals surface area contributed by atoms with Crippen LogP contribution in [0.5, 0.6) is 0 Å². The van der Waals surface area contributed by atoms with Gasteiger partial charge in [0.25, 0.3) is 0 Å². The molecule has 0 saturated heterocycles. The molecular weight excluding hydrogens is 374 g/mol. The average molecular weight is 392 g/mol. The molecule has 3 heteroatoms. The van der Waals surface area contributed by atoms with Crippen LogP contribution >= 0.6 is 15.9 Å². The summed E-state index contributed by atoms with van der Waals surface area (Å²) in [6.07, 6.45) is 5.54. The first-order valence-electron chi connectivity index (χ1n) is 8.74. The number of hydrogen-bond acceptors (Lipinski definition) is 1. The van der Waals surface area contributed by atoms with Crippen LogP contribution < -0.4 is 0 Å². The minimum Gasteiger partial charge on any atom is -0.461 e. The Hall–Kier alpha value is -2.26. The van der Waals surface area contributed by atoms with Gasteiger partial charge in [-0.05, 0) is 42.7 Å². The van der Waals surface area contributed by atoms with E-state index in [1.807, 2.05) is 6.07 Å². The highest BCUT2D eigenvalue weighted by Crippen LogP contribution is 2.43. The van der Waals surface area contributed by atoms with Crippen LogP contribution in [0.1, 0.15) is 35.6 Å². The fourth-order valence-corrected chi connectivity index (χ4v) is 4.39. The van der Waals surface area contributed by atoms with E-state index in [9.17, 15) is 0 Å². The molecule has 2 nitrogen and oxygen atoms in total. The van der Waals surface area contributed by atoms with Crippen LogP contribution in [0, 0.1) is 0 Å². The number of aromatic amines is 1. The van der Waals surface area contributed by atoms with Crippen molar-refractivity contribution in [3.63, 3.8) is 0 Å². The SMILES string of the molecule is Brc1ccc2[nH]cc([C@@H]3CCCc4oc(-c5ccccc5)cc43)c2c1. The topological polar surface area (TPSA) is 28.9 Å². The zero-order valence-corrected chi connectivity index (χ0v) is 15.3. The Morgan fingerprint density at radius 1 is 1.00 bits per heavy atom. The van der Waals surface area contributed by atoms with Gasteiger partial charge < -0.3 is 9.40 Å². The number of aromatic nitrogens is 1.